The summed E-state index contributed by atoms with van der Waals surface area (Å²) in [5.74, 6) is -0.480. The van der Waals surface area contributed by atoms with E-state index in [1.54, 1.807) is 0 Å². The molecule has 0 aliphatic heterocycles. The fourth-order valence-electron chi connectivity index (χ4n) is 4.23. The van der Waals surface area contributed by atoms with Gasteiger partial charge in [0.25, 0.3) is 0 Å². The molecule has 2 amide bonds. The Labute approximate surface area is 200 Å². The van der Waals surface area contributed by atoms with Crippen LogP contribution < -0.4 is 10.6 Å². The Morgan fingerprint density at radius 1 is 0.636 bits per heavy atom. The monoisotopic (exact) mass is 452 g/mol. The van der Waals surface area contributed by atoms with E-state index in [4.69, 9.17) is 0 Å². The lowest BCUT2D eigenvalue weighted by atomic mass is 10.0. The van der Waals surface area contributed by atoms with E-state index in [2.05, 4.69) is 17.6 Å². The summed E-state index contributed by atoms with van der Waals surface area (Å²) in [6, 6.07) is 13.8. The van der Waals surface area contributed by atoms with E-state index in [0.717, 1.165) is 29.3 Å². The molecule has 0 radical (unpaired) electrons. The summed E-state index contributed by atoms with van der Waals surface area (Å²) in [6.07, 6.45) is 18.3. The molecule has 2 aromatic rings. The number of fused-ring (bicyclic) bond motifs is 1. The average Bonchev–Trinajstić information content (AvgIpc) is 2.81. The Balaban J connectivity index is 1.41. The lowest BCUT2D eigenvalue weighted by molar-refractivity contribution is -0.126. The number of benzene rings is 2. The van der Waals surface area contributed by atoms with Crippen LogP contribution in [0.5, 0.6) is 0 Å². The predicted molar refractivity (Wildman–Crippen MR) is 141 cm³/mol. The Bertz CT molecular complexity index is 818. The van der Waals surface area contributed by atoms with Crippen molar-refractivity contribution in [1.29, 1.82) is 0 Å². The maximum atomic E-state index is 12.1. The predicted octanol–water partition coefficient (Wildman–Crippen LogP) is 7.77. The quantitative estimate of drug-likeness (QED) is 0.179. The molecule has 0 aromatic heterocycles. The van der Waals surface area contributed by atoms with Gasteiger partial charge in [-0.3, -0.25) is 9.59 Å². The van der Waals surface area contributed by atoms with E-state index >= 15 is 0 Å². The number of carbonyl (C=O) groups is 2. The van der Waals surface area contributed by atoms with E-state index in [9.17, 15) is 9.59 Å². The summed E-state index contributed by atoms with van der Waals surface area (Å²) in [5.41, 5.74) is 0.721. The van der Waals surface area contributed by atoms with Gasteiger partial charge in [-0.1, -0.05) is 121 Å². The number of unbranched alkanes of at least 4 members (excludes halogenated alkanes) is 13. The molecule has 0 unspecified atom stereocenters. The second-order valence-electron chi connectivity index (χ2n) is 9.23. The zero-order valence-electron chi connectivity index (χ0n) is 20.7. The van der Waals surface area contributed by atoms with Crippen molar-refractivity contribution < 1.29 is 9.59 Å². The third kappa shape index (κ3) is 12.5. The maximum absolute atomic E-state index is 12.1. The van der Waals surface area contributed by atoms with Crippen LogP contribution >= 0.6 is 0 Å². The average molecular weight is 453 g/mol. The number of hydrogen-bond donors (Lipinski definition) is 2. The number of nitrogens with one attached hydrogen (secondary N) is 2. The lowest BCUT2D eigenvalue weighted by Crippen LogP contribution is -2.28. The highest BCUT2D eigenvalue weighted by atomic mass is 16.2. The van der Waals surface area contributed by atoms with Gasteiger partial charge in [0.2, 0.25) is 11.8 Å². The normalized spacial score (nSPS) is 10.9. The minimum atomic E-state index is -0.274. The van der Waals surface area contributed by atoms with Gasteiger partial charge in [-0.2, -0.15) is 0 Å². The first-order valence-corrected chi connectivity index (χ1v) is 13.2. The molecule has 0 bridgehead atoms. The molecule has 0 aliphatic rings. The minimum absolute atomic E-state index is 0.134. The molecule has 4 nitrogen and oxygen atoms in total. The van der Waals surface area contributed by atoms with Crippen LogP contribution in [0.15, 0.2) is 42.5 Å². The molecule has 0 heterocycles. The van der Waals surface area contributed by atoms with Gasteiger partial charge in [0.1, 0.15) is 6.42 Å². The zero-order chi connectivity index (χ0) is 23.6. The largest absolute Gasteiger partial charge is 0.356 e. The smallest absolute Gasteiger partial charge is 0.233 e. The fourth-order valence-corrected chi connectivity index (χ4v) is 4.23. The van der Waals surface area contributed by atoms with Crippen LogP contribution in [0.1, 0.15) is 103 Å². The summed E-state index contributed by atoms with van der Waals surface area (Å²) in [7, 11) is 0. The van der Waals surface area contributed by atoms with Gasteiger partial charge in [-0.15, -0.1) is 0 Å². The molecule has 0 fully saturated rings. The van der Waals surface area contributed by atoms with Crippen molar-refractivity contribution in [2.45, 2.75) is 103 Å². The van der Waals surface area contributed by atoms with Crippen molar-refractivity contribution in [2.75, 3.05) is 11.9 Å². The van der Waals surface area contributed by atoms with E-state index in [1.807, 2.05) is 42.5 Å². The summed E-state index contributed by atoms with van der Waals surface area (Å²) >= 11 is 0. The summed E-state index contributed by atoms with van der Waals surface area (Å²) in [6.45, 7) is 2.92. The van der Waals surface area contributed by atoms with Gasteiger partial charge in [0.05, 0.1) is 0 Å². The van der Waals surface area contributed by atoms with E-state index in [-0.39, 0.29) is 18.2 Å². The van der Waals surface area contributed by atoms with Crippen LogP contribution in [0.3, 0.4) is 0 Å². The second kappa shape index (κ2) is 17.2. The highest BCUT2D eigenvalue weighted by Crippen LogP contribution is 2.19. The molecule has 2 aromatic carbocycles. The zero-order valence-corrected chi connectivity index (χ0v) is 20.7. The third-order valence-corrected chi connectivity index (χ3v) is 6.21. The minimum Gasteiger partial charge on any atom is -0.356 e. The van der Waals surface area contributed by atoms with Crippen LogP contribution in [0, 0.1) is 0 Å². The van der Waals surface area contributed by atoms with E-state index < -0.39 is 0 Å². The summed E-state index contributed by atoms with van der Waals surface area (Å²) in [5, 5.41) is 7.89. The highest BCUT2D eigenvalue weighted by molar-refractivity contribution is 6.04. The number of amides is 2. The van der Waals surface area contributed by atoms with Gasteiger partial charge in [-0.05, 0) is 29.3 Å². The molecule has 2 N–H and O–H groups in total. The third-order valence-electron chi connectivity index (χ3n) is 6.21. The van der Waals surface area contributed by atoms with Crippen LogP contribution in [0.4, 0.5) is 5.69 Å². The molecular weight excluding hydrogens is 408 g/mol. The second-order valence-corrected chi connectivity index (χ2v) is 9.23. The van der Waals surface area contributed by atoms with Gasteiger partial charge < -0.3 is 10.6 Å². The standard InChI is InChI=1S/C29H44N2O2/c1-2-3-4-5-6-7-8-9-10-11-12-13-14-17-22-30-28(32)24-29(33)31-27-21-20-25-18-15-16-19-26(25)23-27/h15-16,18-21,23H,2-14,17,22,24H2,1H3,(H,30,32)(H,31,33). The van der Waals surface area contributed by atoms with Gasteiger partial charge in [0.15, 0.2) is 0 Å². The molecule has 0 saturated heterocycles. The number of hydrogen-bond acceptors (Lipinski definition) is 2. The Kier molecular flexibility index (Phi) is 14.0. The summed E-state index contributed by atoms with van der Waals surface area (Å²) in [4.78, 5) is 24.2. The van der Waals surface area contributed by atoms with Crippen LogP contribution in [-0.2, 0) is 9.59 Å². The number of anilines is 1. The van der Waals surface area contributed by atoms with Gasteiger partial charge in [-0.25, -0.2) is 0 Å². The summed E-state index contributed by atoms with van der Waals surface area (Å²) < 4.78 is 0. The maximum Gasteiger partial charge on any atom is 0.233 e. The topological polar surface area (TPSA) is 58.2 Å². The van der Waals surface area contributed by atoms with E-state index in [0.29, 0.717) is 6.54 Å². The van der Waals surface area contributed by atoms with Crippen LogP contribution in [-0.4, -0.2) is 18.4 Å². The number of carbonyl (C=O) groups excluding carboxylic acids is 2. The van der Waals surface area contributed by atoms with Crippen LogP contribution in [0.2, 0.25) is 0 Å². The van der Waals surface area contributed by atoms with Crippen molar-refractivity contribution in [3.8, 4) is 0 Å². The molecule has 4 heteroatoms. The van der Waals surface area contributed by atoms with Gasteiger partial charge in [0, 0.05) is 12.2 Å². The van der Waals surface area contributed by atoms with Crippen molar-refractivity contribution in [2.24, 2.45) is 0 Å². The van der Waals surface area contributed by atoms with Crippen molar-refractivity contribution in [3.63, 3.8) is 0 Å². The molecule has 2 rings (SSSR count). The van der Waals surface area contributed by atoms with Crippen molar-refractivity contribution in [1.82, 2.24) is 5.32 Å². The Morgan fingerprint density at radius 3 is 1.79 bits per heavy atom. The fraction of sp³-hybridized carbons (Fsp3) is 0.586. The Hall–Kier alpha value is -2.36. The van der Waals surface area contributed by atoms with Gasteiger partial charge >= 0.3 is 0 Å². The van der Waals surface area contributed by atoms with Crippen LogP contribution in [0.25, 0.3) is 10.8 Å². The van der Waals surface area contributed by atoms with E-state index in [1.165, 1.54) is 77.0 Å². The van der Waals surface area contributed by atoms with Crippen molar-refractivity contribution in [3.05, 3.63) is 42.5 Å². The first-order chi connectivity index (χ1) is 16.2. The molecule has 33 heavy (non-hydrogen) atoms. The lowest BCUT2D eigenvalue weighted by Gasteiger charge is -2.08. The van der Waals surface area contributed by atoms with Crippen molar-refractivity contribution >= 4 is 28.3 Å². The number of rotatable bonds is 18. The molecular formula is C29H44N2O2. The molecule has 0 aliphatic carbocycles. The Morgan fingerprint density at radius 2 is 1.18 bits per heavy atom. The SMILES string of the molecule is CCCCCCCCCCCCCCCCNC(=O)CC(=O)Nc1ccc2ccccc2c1. The molecule has 0 atom stereocenters. The first-order valence-electron chi connectivity index (χ1n) is 13.2. The molecule has 0 spiro atoms. The first kappa shape index (κ1) is 26.9. The molecule has 0 saturated carbocycles. The molecule has 182 valence electrons. The highest BCUT2D eigenvalue weighted by Gasteiger charge is 2.09.